The SMILES string of the molecule is CCC(OC=O)P(=O)(OC)OC. The lowest BCUT2D eigenvalue weighted by Crippen LogP contribution is -2.13. The van der Waals surface area contributed by atoms with Gasteiger partial charge in [-0.1, -0.05) is 6.92 Å². The van der Waals surface area contributed by atoms with Gasteiger partial charge in [0.25, 0.3) is 6.47 Å². The lowest BCUT2D eigenvalue weighted by Gasteiger charge is -2.20. The topological polar surface area (TPSA) is 61.8 Å². The predicted molar refractivity (Wildman–Crippen MR) is 42.9 cm³/mol. The number of rotatable bonds is 6. The summed E-state index contributed by atoms with van der Waals surface area (Å²) in [5.74, 6) is -0.815. The van der Waals surface area contributed by atoms with E-state index in [-0.39, 0.29) is 6.47 Å². The summed E-state index contributed by atoms with van der Waals surface area (Å²) in [6.07, 6.45) is 0.387. The van der Waals surface area contributed by atoms with Crippen LogP contribution < -0.4 is 0 Å². The molecule has 0 heterocycles. The minimum Gasteiger partial charge on any atom is -0.452 e. The van der Waals surface area contributed by atoms with Crippen LogP contribution in [0.1, 0.15) is 13.3 Å². The van der Waals surface area contributed by atoms with Gasteiger partial charge in [0.2, 0.25) is 5.85 Å². The molecular weight excluding hydrogens is 183 g/mol. The summed E-state index contributed by atoms with van der Waals surface area (Å²) in [4.78, 5) is 10.00. The highest BCUT2D eigenvalue weighted by atomic mass is 31.2. The summed E-state index contributed by atoms with van der Waals surface area (Å²) in [7, 11) is -0.759. The van der Waals surface area contributed by atoms with E-state index in [4.69, 9.17) is 0 Å². The van der Waals surface area contributed by atoms with Gasteiger partial charge < -0.3 is 13.8 Å². The molecule has 0 radical (unpaired) electrons. The fraction of sp³-hybridized carbons (Fsp3) is 0.833. The van der Waals surface area contributed by atoms with Crippen LogP contribution in [0.4, 0.5) is 0 Å². The molecule has 0 amide bonds. The zero-order chi connectivity index (χ0) is 9.61. The Labute approximate surface area is 71.5 Å². The highest BCUT2D eigenvalue weighted by Gasteiger charge is 2.34. The third-order valence-electron chi connectivity index (χ3n) is 1.42. The van der Waals surface area contributed by atoms with Crippen LogP contribution in [0.25, 0.3) is 0 Å². The largest absolute Gasteiger partial charge is 0.452 e. The molecule has 0 aliphatic rings. The van der Waals surface area contributed by atoms with Crippen molar-refractivity contribution in [2.75, 3.05) is 14.2 Å². The van der Waals surface area contributed by atoms with Crippen LogP contribution in [0.2, 0.25) is 0 Å². The van der Waals surface area contributed by atoms with Crippen LogP contribution in [0.15, 0.2) is 0 Å². The molecule has 0 rings (SSSR count). The van der Waals surface area contributed by atoms with Crippen molar-refractivity contribution in [1.82, 2.24) is 0 Å². The van der Waals surface area contributed by atoms with E-state index in [1.165, 1.54) is 14.2 Å². The van der Waals surface area contributed by atoms with E-state index in [0.29, 0.717) is 6.42 Å². The third-order valence-corrected chi connectivity index (χ3v) is 3.63. The second-order valence-corrected chi connectivity index (χ2v) is 4.39. The maximum Gasteiger partial charge on any atom is 0.370 e. The molecule has 0 fully saturated rings. The Morgan fingerprint density at radius 3 is 2.17 bits per heavy atom. The normalized spacial score (nSPS) is 13.9. The molecule has 5 nitrogen and oxygen atoms in total. The average Bonchev–Trinajstić information content (AvgIpc) is 2.13. The van der Waals surface area contributed by atoms with E-state index in [1.54, 1.807) is 6.92 Å². The quantitative estimate of drug-likeness (QED) is 0.474. The number of hydrogen-bond acceptors (Lipinski definition) is 5. The summed E-state index contributed by atoms with van der Waals surface area (Å²) in [5.41, 5.74) is 0. The minimum atomic E-state index is -3.26. The molecule has 0 bridgehead atoms. The standard InChI is InChI=1S/C6H13O5P/c1-4-6(11-5-7)12(8,9-2)10-3/h5-6H,4H2,1-3H3. The number of carbonyl (C=O) groups excluding carboxylic acids is 1. The van der Waals surface area contributed by atoms with Crippen molar-refractivity contribution >= 4 is 14.1 Å². The monoisotopic (exact) mass is 196 g/mol. The van der Waals surface area contributed by atoms with Gasteiger partial charge in [-0.15, -0.1) is 0 Å². The fourth-order valence-corrected chi connectivity index (χ4v) is 2.03. The van der Waals surface area contributed by atoms with E-state index in [2.05, 4.69) is 13.8 Å². The van der Waals surface area contributed by atoms with Crippen molar-refractivity contribution in [2.24, 2.45) is 0 Å². The zero-order valence-electron chi connectivity index (χ0n) is 7.35. The Bertz CT molecular complexity index is 173. The van der Waals surface area contributed by atoms with Crippen LogP contribution in [-0.2, 0) is 23.1 Å². The van der Waals surface area contributed by atoms with Gasteiger partial charge in [0, 0.05) is 14.2 Å². The zero-order valence-corrected chi connectivity index (χ0v) is 8.24. The van der Waals surface area contributed by atoms with Crippen LogP contribution in [0.5, 0.6) is 0 Å². The van der Waals surface area contributed by atoms with Gasteiger partial charge in [0.15, 0.2) is 0 Å². The van der Waals surface area contributed by atoms with Crippen LogP contribution in [-0.4, -0.2) is 26.5 Å². The Hall–Kier alpha value is -0.380. The molecule has 0 saturated carbocycles. The molecule has 12 heavy (non-hydrogen) atoms. The molecule has 0 aromatic carbocycles. The Morgan fingerprint density at radius 2 is 1.92 bits per heavy atom. The first-order valence-electron chi connectivity index (χ1n) is 3.44. The minimum absolute atomic E-state index is 0.235. The van der Waals surface area contributed by atoms with Crippen molar-refractivity contribution < 1.29 is 23.1 Å². The lowest BCUT2D eigenvalue weighted by atomic mass is 10.5. The molecule has 0 aliphatic carbocycles. The molecule has 6 heteroatoms. The third kappa shape index (κ3) is 2.59. The van der Waals surface area contributed by atoms with Crippen molar-refractivity contribution in [3.8, 4) is 0 Å². The van der Waals surface area contributed by atoms with Crippen molar-refractivity contribution in [1.29, 1.82) is 0 Å². The number of carbonyl (C=O) groups is 1. The predicted octanol–water partition coefficient (Wildman–Crippen LogP) is 1.38. The first-order chi connectivity index (χ1) is 5.64. The smallest absolute Gasteiger partial charge is 0.370 e. The molecule has 0 saturated heterocycles. The summed E-state index contributed by atoms with van der Waals surface area (Å²) >= 11 is 0. The van der Waals surface area contributed by atoms with Crippen LogP contribution >= 0.6 is 7.60 Å². The van der Waals surface area contributed by atoms with Gasteiger partial charge in [-0.25, -0.2) is 0 Å². The van der Waals surface area contributed by atoms with Gasteiger partial charge in [-0.3, -0.25) is 9.36 Å². The van der Waals surface area contributed by atoms with E-state index >= 15 is 0 Å². The lowest BCUT2D eigenvalue weighted by molar-refractivity contribution is -0.131. The highest BCUT2D eigenvalue weighted by Crippen LogP contribution is 2.52. The summed E-state index contributed by atoms with van der Waals surface area (Å²) < 4.78 is 25.4. The molecule has 1 atom stereocenters. The maximum atomic E-state index is 11.5. The van der Waals surface area contributed by atoms with E-state index in [1.807, 2.05) is 0 Å². The Balaban J connectivity index is 4.43. The van der Waals surface area contributed by atoms with Crippen LogP contribution in [0.3, 0.4) is 0 Å². The molecule has 0 aromatic heterocycles. The van der Waals surface area contributed by atoms with Gasteiger partial charge >= 0.3 is 7.60 Å². The molecule has 72 valence electrons. The first-order valence-corrected chi connectivity index (χ1v) is 5.06. The summed E-state index contributed by atoms with van der Waals surface area (Å²) in [6.45, 7) is 1.96. The summed E-state index contributed by atoms with van der Waals surface area (Å²) in [5, 5.41) is 0. The van der Waals surface area contributed by atoms with Crippen molar-refractivity contribution in [2.45, 2.75) is 19.2 Å². The van der Waals surface area contributed by atoms with E-state index in [0.717, 1.165) is 0 Å². The highest BCUT2D eigenvalue weighted by molar-refractivity contribution is 7.54. The van der Waals surface area contributed by atoms with E-state index in [9.17, 15) is 9.36 Å². The van der Waals surface area contributed by atoms with Crippen molar-refractivity contribution in [3.05, 3.63) is 0 Å². The van der Waals surface area contributed by atoms with Gasteiger partial charge in [0.05, 0.1) is 0 Å². The second-order valence-electron chi connectivity index (χ2n) is 2.00. The molecule has 0 N–H and O–H groups in total. The molecular formula is C6H13O5P. The average molecular weight is 196 g/mol. The molecule has 1 unspecified atom stereocenters. The van der Waals surface area contributed by atoms with E-state index < -0.39 is 13.4 Å². The first kappa shape index (κ1) is 11.6. The van der Waals surface area contributed by atoms with Gasteiger partial charge in [0.1, 0.15) is 0 Å². The van der Waals surface area contributed by atoms with Crippen molar-refractivity contribution in [3.63, 3.8) is 0 Å². The second kappa shape index (κ2) is 5.30. The molecule has 0 spiro atoms. The molecule has 0 aromatic rings. The Morgan fingerprint density at radius 1 is 1.42 bits per heavy atom. The fourth-order valence-electron chi connectivity index (χ4n) is 0.768. The number of ether oxygens (including phenoxy) is 1. The maximum absolute atomic E-state index is 11.5. The molecule has 0 aliphatic heterocycles. The number of hydrogen-bond donors (Lipinski definition) is 0. The van der Waals surface area contributed by atoms with Gasteiger partial charge in [-0.2, -0.15) is 0 Å². The Kier molecular flexibility index (Phi) is 5.13. The summed E-state index contributed by atoms with van der Waals surface area (Å²) in [6, 6.07) is 0. The van der Waals surface area contributed by atoms with Crippen LogP contribution in [0, 0.1) is 0 Å². The van der Waals surface area contributed by atoms with Gasteiger partial charge in [-0.05, 0) is 6.42 Å².